The van der Waals surface area contributed by atoms with E-state index in [1.54, 1.807) is 0 Å². The lowest BCUT2D eigenvalue weighted by Gasteiger charge is -2.27. The van der Waals surface area contributed by atoms with Crippen LogP contribution in [0.3, 0.4) is 0 Å². The third-order valence-electron chi connectivity index (χ3n) is 3.30. The Morgan fingerprint density at radius 2 is 1.65 bits per heavy atom. The number of ether oxygens (including phenoxy) is 3. The first-order chi connectivity index (χ1) is 10.4. The molecule has 12 heteroatoms. The first-order valence-electron chi connectivity index (χ1n) is 5.93. The summed E-state index contributed by atoms with van der Waals surface area (Å²) < 4.78 is 117. The molecule has 0 amide bonds. The molecule has 0 N–H and O–H groups in total. The van der Waals surface area contributed by atoms with E-state index in [2.05, 4.69) is 14.2 Å². The monoisotopic (exact) mass is 364 g/mol. The van der Waals surface area contributed by atoms with Gasteiger partial charge in [-0.15, -0.1) is 0 Å². The average molecular weight is 364 g/mol. The van der Waals surface area contributed by atoms with Crippen molar-refractivity contribution >= 4 is 9.84 Å². The summed E-state index contributed by atoms with van der Waals surface area (Å²) in [5.74, 6) is -6.09. The van der Waals surface area contributed by atoms with Crippen LogP contribution in [0.2, 0.25) is 0 Å². The SMILES string of the molecule is O=S(=O)(c1ccc(F)c2c1C1(OCCO1)C(F)(F)O2)C(F)(F)F. The molecule has 1 aromatic carbocycles. The fourth-order valence-electron chi connectivity index (χ4n) is 2.36. The van der Waals surface area contributed by atoms with Gasteiger partial charge in [-0.1, -0.05) is 0 Å². The average Bonchev–Trinajstić information content (AvgIpc) is 2.97. The lowest BCUT2D eigenvalue weighted by molar-refractivity contribution is -0.355. The highest BCUT2D eigenvalue weighted by molar-refractivity contribution is 7.92. The summed E-state index contributed by atoms with van der Waals surface area (Å²) >= 11 is 0. The quantitative estimate of drug-likeness (QED) is 0.565. The molecule has 0 radical (unpaired) electrons. The summed E-state index contributed by atoms with van der Waals surface area (Å²) in [6, 6.07) is 0.496. The second-order valence-corrected chi connectivity index (χ2v) is 6.54. The molecule has 0 aromatic heterocycles. The maximum absolute atomic E-state index is 14.0. The molecule has 2 aliphatic heterocycles. The predicted octanol–water partition coefficient (Wildman–Crippen LogP) is 2.30. The van der Waals surface area contributed by atoms with Gasteiger partial charge in [0.1, 0.15) is 0 Å². The van der Waals surface area contributed by atoms with E-state index in [9.17, 15) is 34.8 Å². The summed E-state index contributed by atoms with van der Waals surface area (Å²) in [6.07, 6.45) is -4.41. The number of rotatable bonds is 1. The highest BCUT2D eigenvalue weighted by Crippen LogP contribution is 2.57. The Hall–Kier alpha value is -1.53. The van der Waals surface area contributed by atoms with Crippen molar-refractivity contribution in [2.24, 2.45) is 0 Å². The maximum atomic E-state index is 14.0. The van der Waals surface area contributed by atoms with Crippen molar-refractivity contribution in [3.8, 4) is 5.75 Å². The van der Waals surface area contributed by atoms with E-state index in [1.165, 1.54) is 0 Å². The van der Waals surface area contributed by atoms with Gasteiger partial charge in [0.15, 0.2) is 11.6 Å². The molecule has 2 heterocycles. The lowest BCUT2D eigenvalue weighted by atomic mass is 10.1. The van der Waals surface area contributed by atoms with Gasteiger partial charge in [-0.3, -0.25) is 0 Å². The Morgan fingerprint density at radius 3 is 2.17 bits per heavy atom. The minimum absolute atomic E-state index is 0.217. The summed E-state index contributed by atoms with van der Waals surface area (Å²) in [5.41, 5.74) is -7.13. The molecule has 1 spiro atoms. The summed E-state index contributed by atoms with van der Waals surface area (Å²) in [6.45, 7) is -0.944. The molecule has 1 fully saturated rings. The van der Waals surface area contributed by atoms with Crippen molar-refractivity contribution < 1.29 is 49.0 Å². The normalized spacial score (nSPS) is 22.2. The fraction of sp³-hybridized carbons (Fsp3) is 0.455. The maximum Gasteiger partial charge on any atom is 0.501 e. The minimum atomic E-state index is -6.07. The van der Waals surface area contributed by atoms with Gasteiger partial charge in [-0.05, 0) is 12.1 Å². The van der Waals surface area contributed by atoms with Crippen LogP contribution in [0.5, 0.6) is 5.75 Å². The Kier molecular flexibility index (Phi) is 3.20. The second kappa shape index (κ2) is 4.51. The molecule has 2 aliphatic rings. The molecular weight excluding hydrogens is 358 g/mol. The van der Waals surface area contributed by atoms with Crippen molar-refractivity contribution in [2.45, 2.75) is 22.3 Å². The fourth-order valence-corrected chi connectivity index (χ4v) is 3.36. The molecule has 128 valence electrons. The lowest BCUT2D eigenvalue weighted by Crippen LogP contribution is -2.46. The number of fused-ring (bicyclic) bond motifs is 2. The third kappa shape index (κ3) is 1.97. The highest BCUT2D eigenvalue weighted by atomic mass is 32.2. The van der Waals surface area contributed by atoms with Crippen LogP contribution in [0.25, 0.3) is 0 Å². The number of halogens is 6. The largest absolute Gasteiger partial charge is 0.501 e. The van der Waals surface area contributed by atoms with Gasteiger partial charge in [-0.25, -0.2) is 12.8 Å². The van der Waals surface area contributed by atoms with Gasteiger partial charge in [-0.2, -0.15) is 22.0 Å². The van der Waals surface area contributed by atoms with E-state index in [-0.39, 0.29) is 12.1 Å². The van der Waals surface area contributed by atoms with Crippen LogP contribution in [0, 0.1) is 5.82 Å². The van der Waals surface area contributed by atoms with Crippen LogP contribution < -0.4 is 4.74 Å². The van der Waals surface area contributed by atoms with Gasteiger partial charge in [0.25, 0.3) is 9.84 Å². The molecule has 0 aliphatic carbocycles. The second-order valence-electron chi connectivity index (χ2n) is 4.63. The van der Waals surface area contributed by atoms with Crippen molar-refractivity contribution in [1.29, 1.82) is 0 Å². The van der Waals surface area contributed by atoms with E-state index in [0.717, 1.165) is 0 Å². The Labute approximate surface area is 124 Å². The first-order valence-corrected chi connectivity index (χ1v) is 7.41. The summed E-state index contributed by atoms with van der Waals surface area (Å²) in [4.78, 5) is -1.61. The van der Waals surface area contributed by atoms with Crippen LogP contribution in [0.15, 0.2) is 17.0 Å². The van der Waals surface area contributed by atoms with Gasteiger partial charge < -0.3 is 14.2 Å². The van der Waals surface area contributed by atoms with Gasteiger partial charge in [0.05, 0.1) is 23.7 Å². The number of sulfone groups is 1. The first kappa shape index (κ1) is 16.3. The molecule has 0 saturated carbocycles. The van der Waals surface area contributed by atoms with E-state index in [0.29, 0.717) is 0 Å². The molecule has 1 saturated heterocycles. The molecule has 1 aromatic rings. The Bertz CT molecular complexity index is 766. The van der Waals surface area contributed by atoms with E-state index in [4.69, 9.17) is 0 Å². The van der Waals surface area contributed by atoms with Crippen LogP contribution in [-0.4, -0.2) is 33.2 Å². The summed E-state index contributed by atoms with van der Waals surface area (Å²) in [5, 5.41) is 0. The Morgan fingerprint density at radius 1 is 1.09 bits per heavy atom. The van der Waals surface area contributed by atoms with Gasteiger partial charge in [0.2, 0.25) is 0 Å². The van der Waals surface area contributed by atoms with Crippen LogP contribution in [0.4, 0.5) is 26.3 Å². The third-order valence-corrected chi connectivity index (χ3v) is 4.83. The number of alkyl halides is 5. The Balaban J connectivity index is 2.36. The molecule has 0 atom stereocenters. The highest BCUT2D eigenvalue weighted by Gasteiger charge is 2.71. The van der Waals surface area contributed by atoms with Gasteiger partial charge >= 0.3 is 17.4 Å². The van der Waals surface area contributed by atoms with Crippen molar-refractivity contribution in [3.05, 3.63) is 23.5 Å². The molecular formula is C11H6F6O5S. The van der Waals surface area contributed by atoms with Crippen LogP contribution >= 0.6 is 0 Å². The number of benzene rings is 1. The van der Waals surface area contributed by atoms with Gasteiger partial charge in [0, 0.05) is 0 Å². The zero-order valence-electron chi connectivity index (χ0n) is 10.8. The van der Waals surface area contributed by atoms with Crippen molar-refractivity contribution in [2.75, 3.05) is 13.2 Å². The van der Waals surface area contributed by atoms with Crippen LogP contribution in [0.1, 0.15) is 5.56 Å². The molecule has 0 unspecified atom stereocenters. The van der Waals surface area contributed by atoms with Crippen molar-refractivity contribution in [3.63, 3.8) is 0 Å². The van der Waals surface area contributed by atoms with E-state index >= 15 is 0 Å². The zero-order chi connectivity index (χ0) is 17.3. The smallest absolute Gasteiger partial charge is 0.425 e. The molecule has 23 heavy (non-hydrogen) atoms. The minimum Gasteiger partial charge on any atom is -0.425 e. The molecule has 5 nitrogen and oxygen atoms in total. The van der Waals surface area contributed by atoms with Crippen molar-refractivity contribution in [1.82, 2.24) is 0 Å². The number of hydrogen-bond acceptors (Lipinski definition) is 5. The molecule has 0 bridgehead atoms. The predicted molar refractivity (Wildman–Crippen MR) is 58.8 cm³/mol. The zero-order valence-corrected chi connectivity index (χ0v) is 11.6. The standard InChI is InChI=1S/C11H6F6O5S/c12-5-1-2-6(23(18,19)11(15,16)17)7-8(5)22-10(13,14)9(7)20-3-4-21-9/h1-2H,3-4H2. The topological polar surface area (TPSA) is 61.8 Å². The summed E-state index contributed by atoms with van der Waals surface area (Å²) in [7, 11) is -6.07. The van der Waals surface area contributed by atoms with E-state index in [1.807, 2.05) is 0 Å². The van der Waals surface area contributed by atoms with Crippen LogP contribution in [-0.2, 0) is 25.1 Å². The van der Waals surface area contributed by atoms with E-state index < -0.39 is 62.5 Å². The molecule has 3 rings (SSSR count). The number of hydrogen-bond donors (Lipinski definition) is 0.